The van der Waals surface area contributed by atoms with E-state index >= 15 is 0 Å². The molecule has 0 fully saturated rings. The molecule has 0 aliphatic rings. The Kier molecular flexibility index (Phi) is 5.35. The molecule has 0 saturated carbocycles. The van der Waals surface area contributed by atoms with Gasteiger partial charge >= 0.3 is 17.6 Å². The zero-order chi connectivity index (χ0) is 16.8. The van der Waals surface area contributed by atoms with Gasteiger partial charge in [0, 0.05) is 17.5 Å². The first kappa shape index (κ1) is 16.5. The van der Waals surface area contributed by atoms with Gasteiger partial charge in [0.15, 0.2) is 6.61 Å². The molecule has 0 aliphatic carbocycles. The number of carbonyl (C=O) groups excluding carboxylic acids is 2. The predicted octanol–water partition coefficient (Wildman–Crippen LogP) is 1.45. The maximum absolute atomic E-state index is 11.6. The van der Waals surface area contributed by atoms with E-state index in [2.05, 4.69) is 4.74 Å². The van der Waals surface area contributed by atoms with Crippen molar-refractivity contribution in [1.82, 2.24) is 0 Å². The third-order valence-corrected chi connectivity index (χ3v) is 3.03. The third kappa shape index (κ3) is 4.32. The van der Waals surface area contributed by atoms with Crippen LogP contribution >= 0.6 is 0 Å². The topological polar surface area (TPSA) is 92.0 Å². The zero-order valence-electron chi connectivity index (χ0n) is 12.8. The monoisotopic (exact) mass is 320 g/mol. The second-order valence-electron chi connectivity index (χ2n) is 4.60. The highest BCUT2D eigenvalue weighted by molar-refractivity contribution is 5.86. The van der Waals surface area contributed by atoms with Crippen LogP contribution in [0.5, 0.6) is 5.75 Å². The molecule has 0 saturated heterocycles. The Labute approximate surface area is 131 Å². The molecule has 0 unspecified atom stereocenters. The largest absolute Gasteiger partial charge is 0.482 e. The van der Waals surface area contributed by atoms with Gasteiger partial charge in [0.1, 0.15) is 11.3 Å². The normalized spacial score (nSPS) is 10.3. The minimum absolute atomic E-state index is 0.0400. The number of benzene rings is 1. The first-order valence-corrected chi connectivity index (χ1v) is 6.95. The van der Waals surface area contributed by atoms with Gasteiger partial charge in [-0.1, -0.05) is 0 Å². The van der Waals surface area contributed by atoms with Crippen molar-refractivity contribution in [2.24, 2.45) is 0 Å². The lowest BCUT2D eigenvalue weighted by Crippen LogP contribution is -2.14. The van der Waals surface area contributed by atoms with E-state index in [1.807, 2.05) is 0 Å². The first-order valence-electron chi connectivity index (χ1n) is 6.95. The molecule has 1 aromatic carbocycles. The Bertz CT molecular complexity index is 776. The van der Waals surface area contributed by atoms with Crippen LogP contribution in [0.4, 0.5) is 0 Å². The van der Waals surface area contributed by atoms with Crippen LogP contribution in [0.25, 0.3) is 11.0 Å². The SMILES string of the molecule is CCOC(=O)COc1ccc2c(CC(=O)OC)cc(=O)oc2c1. The van der Waals surface area contributed by atoms with Crippen LogP contribution in [0, 0.1) is 0 Å². The van der Waals surface area contributed by atoms with Crippen LogP contribution in [0.1, 0.15) is 12.5 Å². The maximum atomic E-state index is 11.6. The molecule has 0 amide bonds. The Balaban J connectivity index is 2.27. The fraction of sp³-hybridized carbons (Fsp3) is 0.312. The second-order valence-corrected chi connectivity index (χ2v) is 4.60. The van der Waals surface area contributed by atoms with E-state index in [1.54, 1.807) is 19.1 Å². The van der Waals surface area contributed by atoms with Crippen LogP contribution in [0.15, 0.2) is 33.5 Å². The standard InChI is InChI=1S/C16H16O7/c1-3-21-16(19)9-22-11-4-5-12-10(6-14(17)20-2)7-15(18)23-13(12)8-11/h4-5,7-8H,3,6,9H2,1-2H3. The number of hydrogen-bond acceptors (Lipinski definition) is 7. The summed E-state index contributed by atoms with van der Waals surface area (Å²) >= 11 is 0. The fourth-order valence-corrected chi connectivity index (χ4v) is 2.02. The fourth-order valence-electron chi connectivity index (χ4n) is 2.02. The molecule has 0 aliphatic heterocycles. The lowest BCUT2D eigenvalue weighted by Gasteiger charge is -2.08. The molecule has 1 aromatic heterocycles. The van der Waals surface area contributed by atoms with Gasteiger partial charge in [0.2, 0.25) is 0 Å². The van der Waals surface area contributed by atoms with E-state index in [0.717, 1.165) is 0 Å². The van der Waals surface area contributed by atoms with Gasteiger partial charge < -0.3 is 18.6 Å². The van der Waals surface area contributed by atoms with Crippen molar-refractivity contribution in [2.75, 3.05) is 20.3 Å². The van der Waals surface area contributed by atoms with E-state index in [4.69, 9.17) is 13.9 Å². The van der Waals surface area contributed by atoms with Crippen LogP contribution in [0.3, 0.4) is 0 Å². The number of carbonyl (C=O) groups is 2. The van der Waals surface area contributed by atoms with E-state index < -0.39 is 17.6 Å². The Hall–Kier alpha value is -2.83. The molecular formula is C16H16O7. The van der Waals surface area contributed by atoms with Crippen molar-refractivity contribution < 1.29 is 28.2 Å². The average molecular weight is 320 g/mol. The predicted molar refractivity (Wildman–Crippen MR) is 80.3 cm³/mol. The van der Waals surface area contributed by atoms with Gasteiger partial charge in [-0.25, -0.2) is 9.59 Å². The lowest BCUT2D eigenvalue weighted by molar-refractivity contribution is -0.145. The van der Waals surface area contributed by atoms with Crippen LogP contribution < -0.4 is 10.4 Å². The molecule has 0 radical (unpaired) electrons. The molecule has 0 atom stereocenters. The maximum Gasteiger partial charge on any atom is 0.344 e. The lowest BCUT2D eigenvalue weighted by atomic mass is 10.1. The van der Waals surface area contributed by atoms with Crippen molar-refractivity contribution in [1.29, 1.82) is 0 Å². The highest BCUT2D eigenvalue weighted by Gasteiger charge is 2.12. The van der Waals surface area contributed by atoms with E-state index in [1.165, 1.54) is 19.2 Å². The van der Waals surface area contributed by atoms with Gasteiger partial charge in [-0.05, 0) is 24.6 Å². The Morgan fingerprint density at radius 2 is 1.96 bits per heavy atom. The van der Waals surface area contributed by atoms with Crippen molar-refractivity contribution >= 4 is 22.9 Å². The minimum atomic E-state index is -0.584. The highest BCUT2D eigenvalue weighted by Crippen LogP contribution is 2.23. The molecule has 122 valence electrons. The van der Waals surface area contributed by atoms with Crippen molar-refractivity contribution in [3.63, 3.8) is 0 Å². The summed E-state index contributed by atoms with van der Waals surface area (Å²) in [4.78, 5) is 34.3. The van der Waals surface area contributed by atoms with Crippen LogP contribution in [-0.4, -0.2) is 32.3 Å². The molecule has 1 heterocycles. The number of rotatable bonds is 6. The van der Waals surface area contributed by atoms with Crippen LogP contribution in [0.2, 0.25) is 0 Å². The summed E-state index contributed by atoms with van der Waals surface area (Å²) in [6.07, 6.45) is -0.0400. The molecule has 0 spiro atoms. The van der Waals surface area contributed by atoms with Crippen molar-refractivity contribution in [2.45, 2.75) is 13.3 Å². The third-order valence-electron chi connectivity index (χ3n) is 3.03. The summed E-state index contributed by atoms with van der Waals surface area (Å²) in [7, 11) is 1.28. The summed E-state index contributed by atoms with van der Waals surface area (Å²) in [5.74, 6) is -0.600. The van der Waals surface area contributed by atoms with Crippen LogP contribution in [-0.2, 0) is 25.5 Å². The molecule has 2 aromatic rings. The summed E-state index contributed by atoms with van der Waals surface area (Å²) in [5, 5.41) is 0.596. The molecule has 0 N–H and O–H groups in total. The zero-order valence-corrected chi connectivity index (χ0v) is 12.8. The number of ether oxygens (including phenoxy) is 3. The van der Waals surface area contributed by atoms with E-state index in [9.17, 15) is 14.4 Å². The van der Waals surface area contributed by atoms with Crippen molar-refractivity contribution in [3.05, 3.63) is 40.2 Å². The summed E-state index contributed by atoms with van der Waals surface area (Å²) < 4.78 is 19.8. The van der Waals surface area contributed by atoms with Gasteiger partial charge in [-0.15, -0.1) is 0 Å². The first-order chi connectivity index (χ1) is 11.0. The second kappa shape index (κ2) is 7.44. The minimum Gasteiger partial charge on any atom is -0.482 e. The average Bonchev–Trinajstić information content (AvgIpc) is 2.52. The molecule has 0 bridgehead atoms. The number of fused-ring (bicyclic) bond motifs is 1. The Morgan fingerprint density at radius 3 is 2.65 bits per heavy atom. The van der Waals surface area contributed by atoms with Crippen molar-refractivity contribution in [3.8, 4) is 5.75 Å². The molecular weight excluding hydrogens is 304 g/mol. The quantitative estimate of drug-likeness (QED) is 0.587. The summed E-state index contributed by atoms with van der Waals surface area (Å²) in [6.45, 7) is 1.72. The number of hydrogen-bond donors (Lipinski definition) is 0. The smallest absolute Gasteiger partial charge is 0.344 e. The molecule has 2 rings (SSSR count). The van der Waals surface area contributed by atoms with Gasteiger partial charge in [-0.2, -0.15) is 0 Å². The summed E-state index contributed by atoms with van der Waals surface area (Å²) in [6, 6.07) is 5.99. The molecule has 7 heteroatoms. The number of methoxy groups -OCH3 is 1. The van der Waals surface area contributed by atoms with Gasteiger partial charge in [0.05, 0.1) is 20.1 Å². The number of esters is 2. The Morgan fingerprint density at radius 1 is 1.17 bits per heavy atom. The highest BCUT2D eigenvalue weighted by atomic mass is 16.6. The van der Waals surface area contributed by atoms with Gasteiger partial charge in [-0.3, -0.25) is 4.79 Å². The molecule has 23 heavy (non-hydrogen) atoms. The van der Waals surface area contributed by atoms with Gasteiger partial charge in [0.25, 0.3) is 0 Å². The molecule has 7 nitrogen and oxygen atoms in total. The summed E-state index contributed by atoms with van der Waals surface area (Å²) in [5.41, 5.74) is 0.178. The van der Waals surface area contributed by atoms with E-state index in [-0.39, 0.29) is 25.2 Å². The van der Waals surface area contributed by atoms with E-state index in [0.29, 0.717) is 16.7 Å².